The molecule has 2 rings (SSSR count). The Morgan fingerprint density at radius 3 is 2.95 bits per heavy atom. The number of rotatable bonds is 8. The summed E-state index contributed by atoms with van der Waals surface area (Å²) in [4.78, 5) is 8.86. The summed E-state index contributed by atoms with van der Waals surface area (Å²) in [6.07, 6.45) is 2.76. The third-order valence-corrected chi connectivity index (χ3v) is 4.31. The van der Waals surface area contributed by atoms with Crippen molar-refractivity contribution in [3.05, 3.63) is 29.7 Å². The van der Waals surface area contributed by atoms with E-state index >= 15 is 0 Å². The molecular weight excluding hydrogens is 292 g/mol. The predicted octanol–water partition coefficient (Wildman–Crippen LogP) is 2.38. The highest BCUT2D eigenvalue weighted by atomic mass is 32.2. The lowest BCUT2D eigenvalue weighted by molar-refractivity contribution is 0.199. The Labute approximate surface area is 127 Å². The van der Waals surface area contributed by atoms with Crippen molar-refractivity contribution in [1.82, 2.24) is 19.7 Å². The Hall–Kier alpha value is -1.02. The van der Waals surface area contributed by atoms with Gasteiger partial charge in [-0.2, -0.15) is 4.37 Å². The number of ether oxygens (including phenoxy) is 1. The number of hydrogen-bond donors (Lipinski definition) is 1. The Morgan fingerprint density at radius 1 is 1.40 bits per heavy atom. The molecule has 2 aromatic heterocycles. The number of aryl methyl sites for hydroxylation is 1. The second-order valence-electron chi connectivity index (χ2n) is 4.11. The summed E-state index contributed by atoms with van der Waals surface area (Å²) in [5, 5.41) is 4.24. The maximum Gasteiger partial charge on any atom is 0.176 e. The zero-order valence-electron chi connectivity index (χ0n) is 11.6. The largest absolute Gasteiger partial charge is 0.383 e. The maximum atomic E-state index is 4.98. The van der Waals surface area contributed by atoms with Crippen LogP contribution in [0, 0.1) is 0 Å². The standard InChI is InChI=1S/C13H18N4OS2/c1-3-11-16-13(20-17-11)19-12-5-4-10(9-15-12)8-14-6-7-18-2/h4-5,9,14H,3,6-8H2,1-2H3. The summed E-state index contributed by atoms with van der Waals surface area (Å²) in [5.41, 5.74) is 1.16. The smallest absolute Gasteiger partial charge is 0.176 e. The van der Waals surface area contributed by atoms with Gasteiger partial charge in [0.1, 0.15) is 10.9 Å². The van der Waals surface area contributed by atoms with Crippen LogP contribution in [0.3, 0.4) is 0 Å². The predicted molar refractivity (Wildman–Crippen MR) is 81.2 cm³/mol. The van der Waals surface area contributed by atoms with Crippen LogP contribution < -0.4 is 5.32 Å². The quantitative estimate of drug-likeness (QED) is 0.756. The Kier molecular flexibility index (Phi) is 6.38. The van der Waals surface area contributed by atoms with E-state index in [1.165, 1.54) is 11.5 Å². The van der Waals surface area contributed by atoms with E-state index in [4.69, 9.17) is 4.74 Å². The SMILES string of the molecule is CCc1nsc(Sc2ccc(CNCCOC)cn2)n1. The zero-order chi connectivity index (χ0) is 14.2. The van der Waals surface area contributed by atoms with Crippen molar-refractivity contribution < 1.29 is 4.74 Å². The van der Waals surface area contributed by atoms with Crippen LogP contribution in [0.25, 0.3) is 0 Å². The number of pyridine rings is 1. The fourth-order valence-electron chi connectivity index (χ4n) is 1.50. The topological polar surface area (TPSA) is 59.9 Å². The lowest BCUT2D eigenvalue weighted by Gasteiger charge is -2.04. The van der Waals surface area contributed by atoms with Gasteiger partial charge in [0.25, 0.3) is 0 Å². The van der Waals surface area contributed by atoms with Gasteiger partial charge in [-0.1, -0.05) is 13.0 Å². The first-order valence-corrected chi connectivity index (χ1v) is 8.06. The average molecular weight is 310 g/mol. The fourth-order valence-corrected chi connectivity index (χ4v) is 3.08. The molecule has 0 bridgehead atoms. The number of nitrogens with one attached hydrogen (secondary N) is 1. The summed E-state index contributed by atoms with van der Waals surface area (Å²) in [6.45, 7) is 4.43. The van der Waals surface area contributed by atoms with Crippen molar-refractivity contribution in [3.8, 4) is 0 Å². The van der Waals surface area contributed by atoms with Crippen LogP contribution in [0.2, 0.25) is 0 Å². The van der Waals surface area contributed by atoms with Crippen LogP contribution in [0.15, 0.2) is 27.7 Å². The van der Waals surface area contributed by atoms with Gasteiger partial charge in [0, 0.05) is 32.8 Å². The summed E-state index contributed by atoms with van der Waals surface area (Å²) in [7, 11) is 1.70. The molecule has 0 aliphatic rings. The van der Waals surface area contributed by atoms with Gasteiger partial charge in [0.2, 0.25) is 0 Å². The molecule has 20 heavy (non-hydrogen) atoms. The lowest BCUT2D eigenvalue weighted by Crippen LogP contribution is -2.18. The highest BCUT2D eigenvalue weighted by molar-refractivity contribution is 8.00. The van der Waals surface area contributed by atoms with Crippen LogP contribution >= 0.6 is 23.3 Å². The minimum Gasteiger partial charge on any atom is -0.383 e. The molecule has 0 aliphatic carbocycles. The number of hydrogen-bond acceptors (Lipinski definition) is 7. The maximum absolute atomic E-state index is 4.98. The van der Waals surface area contributed by atoms with E-state index in [2.05, 4.69) is 32.6 Å². The second-order valence-corrected chi connectivity index (χ2v) is 6.13. The van der Waals surface area contributed by atoms with Crippen molar-refractivity contribution in [3.63, 3.8) is 0 Å². The van der Waals surface area contributed by atoms with Crippen molar-refractivity contribution in [2.75, 3.05) is 20.3 Å². The van der Waals surface area contributed by atoms with Gasteiger partial charge in [-0.3, -0.25) is 0 Å². The first-order valence-electron chi connectivity index (χ1n) is 6.47. The monoisotopic (exact) mass is 310 g/mol. The van der Waals surface area contributed by atoms with E-state index in [0.717, 1.165) is 46.9 Å². The Morgan fingerprint density at radius 2 is 2.30 bits per heavy atom. The molecule has 108 valence electrons. The van der Waals surface area contributed by atoms with Crippen molar-refractivity contribution in [2.24, 2.45) is 0 Å². The van der Waals surface area contributed by atoms with E-state index in [0.29, 0.717) is 0 Å². The van der Waals surface area contributed by atoms with E-state index in [1.807, 2.05) is 12.3 Å². The molecule has 0 atom stereocenters. The van der Waals surface area contributed by atoms with E-state index in [1.54, 1.807) is 18.9 Å². The minimum absolute atomic E-state index is 0.720. The molecule has 2 aromatic rings. The number of nitrogens with zero attached hydrogens (tertiary/aromatic N) is 3. The lowest BCUT2D eigenvalue weighted by atomic mass is 10.3. The third kappa shape index (κ3) is 4.82. The van der Waals surface area contributed by atoms with Gasteiger partial charge < -0.3 is 10.1 Å². The Bertz CT molecular complexity index is 515. The van der Waals surface area contributed by atoms with Crippen molar-refractivity contribution in [2.45, 2.75) is 29.3 Å². The average Bonchev–Trinajstić information content (AvgIpc) is 2.93. The molecular formula is C13H18N4OS2. The molecule has 0 saturated carbocycles. The number of methoxy groups -OCH3 is 1. The van der Waals surface area contributed by atoms with Gasteiger partial charge in [-0.15, -0.1) is 0 Å². The first-order chi connectivity index (χ1) is 9.81. The molecule has 0 spiro atoms. The van der Waals surface area contributed by atoms with Gasteiger partial charge in [0.15, 0.2) is 4.34 Å². The molecule has 2 heterocycles. The highest BCUT2D eigenvalue weighted by Crippen LogP contribution is 2.27. The zero-order valence-corrected chi connectivity index (χ0v) is 13.3. The van der Waals surface area contributed by atoms with Gasteiger partial charge >= 0.3 is 0 Å². The van der Waals surface area contributed by atoms with Crippen molar-refractivity contribution >= 4 is 23.3 Å². The highest BCUT2D eigenvalue weighted by Gasteiger charge is 2.05. The van der Waals surface area contributed by atoms with Crippen LogP contribution in [0.5, 0.6) is 0 Å². The summed E-state index contributed by atoms with van der Waals surface area (Å²) in [6, 6.07) is 4.10. The first kappa shape index (κ1) is 15.4. The molecule has 0 radical (unpaired) electrons. The third-order valence-electron chi connectivity index (χ3n) is 2.57. The molecule has 5 nitrogen and oxygen atoms in total. The molecule has 0 aliphatic heterocycles. The fraction of sp³-hybridized carbons (Fsp3) is 0.462. The van der Waals surface area contributed by atoms with Crippen LogP contribution in [0.1, 0.15) is 18.3 Å². The van der Waals surface area contributed by atoms with Crippen LogP contribution in [0.4, 0.5) is 0 Å². The van der Waals surface area contributed by atoms with E-state index in [-0.39, 0.29) is 0 Å². The molecule has 0 amide bonds. The Balaban J connectivity index is 1.84. The van der Waals surface area contributed by atoms with E-state index < -0.39 is 0 Å². The molecule has 0 unspecified atom stereocenters. The minimum atomic E-state index is 0.720. The second kappa shape index (κ2) is 8.31. The molecule has 0 saturated heterocycles. The summed E-state index contributed by atoms with van der Waals surface area (Å²) < 4.78 is 10.2. The van der Waals surface area contributed by atoms with Gasteiger partial charge in [-0.05, 0) is 34.9 Å². The molecule has 0 aromatic carbocycles. The molecule has 0 fully saturated rings. The number of aromatic nitrogens is 3. The summed E-state index contributed by atoms with van der Waals surface area (Å²) >= 11 is 2.99. The van der Waals surface area contributed by atoms with Crippen LogP contribution in [-0.2, 0) is 17.7 Å². The van der Waals surface area contributed by atoms with Gasteiger partial charge in [-0.25, -0.2) is 9.97 Å². The van der Waals surface area contributed by atoms with Crippen LogP contribution in [-0.4, -0.2) is 34.6 Å². The molecule has 7 heteroatoms. The normalized spacial score (nSPS) is 10.9. The van der Waals surface area contributed by atoms with E-state index in [9.17, 15) is 0 Å². The molecule has 1 N–H and O–H groups in total. The van der Waals surface area contributed by atoms with Crippen molar-refractivity contribution in [1.29, 1.82) is 0 Å². The summed E-state index contributed by atoms with van der Waals surface area (Å²) in [5.74, 6) is 0.900. The van der Waals surface area contributed by atoms with Gasteiger partial charge in [0.05, 0.1) is 6.61 Å².